The Morgan fingerprint density at radius 1 is 1.21 bits per heavy atom. The molecule has 0 saturated heterocycles. The molecule has 0 unspecified atom stereocenters. The van der Waals surface area contributed by atoms with Gasteiger partial charge in [0.1, 0.15) is 0 Å². The molecule has 2 N–H and O–H groups in total. The molecule has 0 radical (unpaired) electrons. The van der Waals surface area contributed by atoms with Crippen molar-refractivity contribution in [2.45, 2.75) is 58.8 Å². The fourth-order valence-electron chi connectivity index (χ4n) is 4.74. The monoisotopic (exact) mass is 266 g/mol. The molecule has 2 aliphatic carbocycles. The highest BCUT2D eigenvalue weighted by Crippen LogP contribution is 2.61. The predicted octanol–water partition coefficient (Wildman–Crippen LogP) is 1.76. The van der Waals surface area contributed by atoms with Crippen LogP contribution in [0.3, 0.4) is 0 Å². The van der Waals surface area contributed by atoms with Gasteiger partial charge in [0, 0.05) is 5.57 Å². The lowest BCUT2D eigenvalue weighted by Crippen LogP contribution is -2.49. The summed E-state index contributed by atoms with van der Waals surface area (Å²) in [5.41, 5.74) is 0.845. The molecule has 0 spiro atoms. The molecule has 3 aliphatic rings. The van der Waals surface area contributed by atoms with Crippen LogP contribution in [0.25, 0.3) is 0 Å². The van der Waals surface area contributed by atoms with Crippen LogP contribution in [0.1, 0.15) is 46.5 Å². The van der Waals surface area contributed by atoms with Gasteiger partial charge in [0.2, 0.25) is 6.29 Å². The number of cyclic esters (lactones) is 1. The summed E-state index contributed by atoms with van der Waals surface area (Å²) in [5, 5.41) is 20.4. The van der Waals surface area contributed by atoms with E-state index >= 15 is 0 Å². The third kappa shape index (κ3) is 1.62. The molecule has 0 aromatic rings. The van der Waals surface area contributed by atoms with Gasteiger partial charge in [-0.15, -0.1) is 0 Å². The lowest BCUT2D eigenvalue weighted by Gasteiger charge is -2.54. The first-order valence-corrected chi connectivity index (χ1v) is 7.09. The van der Waals surface area contributed by atoms with Crippen LogP contribution in [-0.2, 0) is 9.53 Å². The topological polar surface area (TPSA) is 66.8 Å². The van der Waals surface area contributed by atoms with E-state index in [2.05, 4.69) is 20.8 Å². The number of carbonyl (C=O) groups is 1. The smallest absolute Gasteiger partial charge is 0.339 e. The minimum Gasteiger partial charge on any atom is -0.428 e. The van der Waals surface area contributed by atoms with Crippen LogP contribution in [0.15, 0.2) is 11.1 Å². The van der Waals surface area contributed by atoms with Crippen LogP contribution < -0.4 is 0 Å². The SMILES string of the molecule is CC1(C)CCC[C@]2(C)C3=C(C(=O)O[C@@H]3O)[C@@H](O)C[C@@H]12. The van der Waals surface area contributed by atoms with Gasteiger partial charge < -0.3 is 14.9 Å². The minimum atomic E-state index is -1.17. The lowest BCUT2D eigenvalue weighted by molar-refractivity contribution is -0.153. The van der Waals surface area contributed by atoms with E-state index in [9.17, 15) is 15.0 Å². The van der Waals surface area contributed by atoms with Crippen LogP contribution in [0.2, 0.25) is 0 Å². The number of rotatable bonds is 0. The summed E-state index contributed by atoms with van der Waals surface area (Å²) >= 11 is 0. The normalized spacial score (nSPS) is 44.7. The van der Waals surface area contributed by atoms with E-state index in [1.165, 1.54) is 0 Å². The van der Waals surface area contributed by atoms with Crippen LogP contribution in [0, 0.1) is 16.7 Å². The number of fused-ring (bicyclic) bond motifs is 2. The fraction of sp³-hybridized carbons (Fsp3) is 0.800. The number of hydrogen-bond acceptors (Lipinski definition) is 4. The fourth-order valence-corrected chi connectivity index (χ4v) is 4.74. The molecule has 0 aromatic heterocycles. The van der Waals surface area contributed by atoms with Gasteiger partial charge in [0.15, 0.2) is 0 Å². The standard InChI is InChI=1S/C15H22O4/c1-14(2)5-4-6-15(3)9(14)7-8(16)10-11(15)13(18)19-12(10)17/h8-9,13,16,18H,4-7H2,1-3H3/t8-,9-,13-,15-/m0/s1. The highest BCUT2D eigenvalue weighted by atomic mass is 16.6. The average Bonchev–Trinajstić information content (AvgIpc) is 2.59. The molecule has 0 aromatic carbocycles. The summed E-state index contributed by atoms with van der Waals surface area (Å²) in [6.07, 6.45) is 1.76. The van der Waals surface area contributed by atoms with Crippen molar-refractivity contribution in [3.63, 3.8) is 0 Å². The minimum absolute atomic E-state index is 0.109. The van der Waals surface area contributed by atoms with E-state index in [0.29, 0.717) is 17.6 Å². The third-order valence-corrected chi connectivity index (χ3v) is 5.61. The first-order chi connectivity index (χ1) is 8.77. The number of hydrogen-bond donors (Lipinski definition) is 2. The van der Waals surface area contributed by atoms with Crippen molar-refractivity contribution in [1.29, 1.82) is 0 Å². The Morgan fingerprint density at radius 3 is 2.58 bits per heavy atom. The van der Waals surface area contributed by atoms with Gasteiger partial charge in [-0.2, -0.15) is 0 Å². The molecule has 1 saturated carbocycles. The second-order valence-corrected chi connectivity index (χ2v) is 7.15. The van der Waals surface area contributed by atoms with Gasteiger partial charge in [-0.3, -0.25) is 0 Å². The zero-order valence-electron chi connectivity index (χ0n) is 11.8. The molecule has 0 bridgehead atoms. The van der Waals surface area contributed by atoms with Crippen molar-refractivity contribution in [2.24, 2.45) is 16.7 Å². The first kappa shape index (κ1) is 13.1. The van der Waals surface area contributed by atoms with E-state index < -0.39 is 18.4 Å². The highest BCUT2D eigenvalue weighted by Gasteiger charge is 2.58. The maximum atomic E-state index is 11.8. The Kier molecular flexibility index (Phi) is 2.64. The predicted molar refractivity (Wildman–Crippen MR) is 69.0 cm³/mol. The van der Waals surface area contributed by atoms with Crippen molar-refractivity contribution in [2.75, 3.05) is 0 Å². The van der Waals surface area contributed by atoms with Crippen LogP contribution >= 0.6 is 0 Å². The van der Waals surface area contributed by atoms with E-state index in [4.69, 9.17) is 4.74 Å². The summed E-state index contributed by atoms with van der Waals surface area (Å²) in [7, 11) is 0. The maximum Gasteiger partial charge on any atom is 0.339 e. The molecule has 3 rings (SSSR count). The summed E-state index contributed by atoms with van der Waals surface area (Å²) in [6, 6.07) is 0. The van der Waals surface area contributed by atoms with Gasteiger partial charge in [-0.05, 0) is 36.0 Å². The number of carbonyl (C=O) groups excluding carboxylic acids is 1. The summed E-state index contributed by atoms with van der Waals surface area (Å²) in [5.74, 6) is -0.273. The molecular weight excluding hydrogens is 244 g/mol. The van der Waals surface area contributed by atoms with Gasteiger partial charge in [-0.25, -0.2) is 4.79 Å². The van der Waals surface area contributed by atoms with Crippen molar-refractivity contribution in [3.8, 4) is 0 Å². The molecule has 4 atom stereocenters. The van der Waals surface area contributed by atoms with Crippen LogP contribution in [0.5, 0.6) is 0 Å². The number of esters is 1. The molecule has 1 aliphatic heterocycles. The van der Waals surface area contributed by atoms with Crippen molar-refractivity contribution in [3.05, 3.63) is 11.1 Å². The summed E-state index contributed by atoms with van der Waals surface area (Å²) < 4.78 is 4.94. The van der Waals surface area contributed by atoms with Gasteiger partial charge in [-0.1, -0.05) is 27.2 Å². The first-order valence-electron chi connectivity index (χ1n) is 7.09. The molecule has 1 fully saturated rings. The van der Waals surface area contributed by atoms with Gasteiger partial charge in [0.05, 0.1) is 11.7 Å². The zero-order valence-corrected chi connectivity index (χ0v) is 11.8. The molecular formula is C15H22O4. The van der Waals surface area contributed by atoms with Crippen molar-refractivity contribution in [1.82, 2.24) is 0 Å². The summed E-state index contributed by atoms with van der Waals surface area (Å²) in [4.78, 5) is 11.8. The Balaban J connectivity index is 2.15. The van der Waals surface area contributed by atoms with Crippen LogP contribution in [-0.4, -0.2) is 28.6 Å². The Bertz CT molecular complexity index is 465. The highest BCUT2D eigenvalue weighted by molar-refractivity contribution is 5.93. The molecule has 4 nitrogen and oxygen atoms in total. The number of ether oxygens (including phenoxy) is 1. The van der Waals surface area contributed by atoms with Gasteiger partial charge in [0.25, 0.3) is 0 Å². The second kappa shape index (κ2) is 3.83. The third-order valence-electron chi connectivity index (χ3n) is 5.61. The molecule has 19 heavy (non-hydrogen) atoms. The maximum absolute atomic E-state index is 11.8. The summed E-state index contributed by atoms with van der Waals surface area (Å²) in [6.45, 7) is 6.56. The molecule has 106 valence electrons. The molecule has 4 heteroatoms. The van der Waals surface area contributed by atoms with E-state index in [1.807, 2.05) is 0 Å². The largest absolute Gasteiger partial charge is 0.428 e. The van der Waals surface area contributed by atoms with E-state index in [1.54, 1.807) is 0 Å². The van der Waals surface area contributed by atoms with Crippen LogP contribution in [0.4, 0.5) is 0 Å². The zero-order chi connectivity index (χ0) is 14.0. The Hall–Kier alpha value is -0.870. The van der Waals surface area contributed by atoms with Crippen molar-refractivity contribution >= 4 is 5.97 Å². The number of aliphatic hydroxyl groups excluding tert-OH is 2. The molecule has 1 heterocycles. The lowest BCUT2D eigenvalue weighted by atomic mass is 9.50. The average molecular weight is 266 g/mol. The Morgan fingerprint density at radius 2 is 1.89 bits per heavy atom. The van der Waals surface area contributed by atoms with Crippen molar-refractivity contribution < 1.29 is 19.7 Å². The van der Waals surface area contributed by atoms with Gasteiger partial charge >= 0.3 is 5.97 Å². The van der Waals surface area contributed by atoms with E-state index in [0.717, 1.165) is 19.3 Å². The number of aliphatic hydroxyl groups is 2. The quantitative estimate of drug-likeness (QED) is 0.656. The Labute approximate surface area is 113 Å². The molecule has 0 amide bonds. The van der Waals surface area contributed by atoms with E-state index in [-0.39, 0.29) is 16.7 Å². The second-order valence-electron chi connectivity index (χ2n) is 7.15.